The van der Waals surface area contributed by atoms with Crippen LogP contribution in [0.3, 0.4) is 0 Å². The molecule has 1 amide bonds. The second kappa shape index (κ2) is 6.66. The number of hydrogen-bond donors (Lipinski definition) is 1. The Balaban J connectivity index is 2.66. The van der Waals surface area contributed by atoms with Gasteiger partial charge in [0.05, 0.1) is 5.56 Å². The van der Waals surface area contributed by atoms with Gasteiger partial charge in [-0.15, -0.1) is 0 Å². The molecule has 0 heterocycles. The molecule has 0 aliphatic carbocycles. The summed E-state index contributed by atoms with van der Waals surface area (Å²) in [6.07, 6.45) is 0.970. The topological polar surface area (TPSA) is 29.1 Å². The van der Waals surface area contributed by atoms with E-state index in [1.54, 1.807) is 0 Å². The molecular formula is C13H16Br2FNO. The average molecular weight is 381 g/mol. The second-order valence-corrected chi connectivity index (χ2v) is 6.56. The smallest absolute Gasteiger partial charge is 0.252 e. The summed E-state index contributed by atoms with van der Waals surface area (Å²) < 4.78 is 13.4. The number of rotatable bonds is 5. The fourth-order valence-electron chi connectivity index (χ4n) is 1.43. The van der Waals surface area contributed by atoms with Crippen molar-refractivity contribution in [3.63, 3.8) is 0 Å². The lowest BCUT2D eigenvalue weighted by atomic mass is 9.90. The van der Waals surface area contributed by atoms with E-state index < -0.39 is 0 Å². The van der Waals surface area contributed by atoms with Gasteiger partial charge in [-0.1, -0.05) is 29.8 Å². The van der Waals surface area contributed by atoms with Crippen molar-refractivity contribution in [1.29, 1.82) is 0 Å². The molecule has 18 heavy (non-hydrogen) atoms. The number of halogens is 3. The number of carbonyl (C=O) groups excluding carboxylic acids is 1. The summed E-state index contributed by atoms with van der Waals surface area (Å²) in [4.78, 5) is 12.0. The number of benzene rings is 1. The van der Waals surface area contributed by atoms with Gasteiger partial charge < -0.3 is 5.32 Å². The third-order valence-electron chi connectivity index (χ3n) is 2.67. The van der Waals surface area contributed by atoms with Crippen molar-refractivity contribution in [3.05, 3.63) is 34.1 Å². The zero-order chi connectivity index (χ0) is 13.8. The molecule has 2 nitrogen and oxygen atoms in total. The van der Waals surface area contributed by atoms with Crippen LogP contribution in [0.4, 0.5) is 4.39 Å². The number of nitrogens with one attached hydrogen (secondary N) is 1. The monoisotopic (exact) mass is 379 g/mol. The molecule has 0 atom stereocenters. The maximum Gasteiger partial charge on any atom is 0.252 e. The molecule has 0 saturated carbocycles. The van der Waals surface area contributed by atoms with E-state index in [2.05, 4.69) is 51.0 Å². The minimum Gasteiger partial charge on any atom is -0.351 e. The standard InChI is InChI=1S/C13H16Br2FNO/c1-13(2,5-6-14)8-17-12(18)10-4-3-9(16)7-11(10)15/h3-4,7H,5-6,8H2,1-2H3,(H,17,18). The molecule has 0 fully saturated rings. The predicted molar refractivity (Wildman–Crippen MR) is 78.6 cm³/mol. The average Bonchev–Trinajstić information content (AvgIpc) is 2.26. The minimum absolute atomic E-state index is 0.0334. The fraction of sp³-hybridized carbons (Fsp3) is 0.462. The molecule has 5 heteroatoms. The summed E-state index contributed by atoms with van der Waals surface area (Å²) >= 11 is 6.59. The van der Waals surface area contributed by atoms with E-state index >= 15 is 0 Å². The molecule has 0 saturated heterocycles. The van der Waals surface area contributed by atoms with E-state index in [0.29, 0.717) is 16.6 Å². The van der Waals surface area contributed by atoms with Crippen LogP contribution in [0, 0.1) is 11.2 Å². The Labute approximate surface area is 124 Å². The molecule has 1 aromatic rings. The first-order chi connectivity index (χ1) is 8.35. The zero-order valence-electron chi connectivity index (χ0n) is 10.4. The molecule has 0 aromatic heterocycles. The predicted octanol–water partition coefficient (Wildman–Crippen LogP) is 4.13. The van der Waals surface area contributed by atoms with E-state index in [0.717, 1.165) is 11.8 Å². The SMILES string of the molecule is CC(C)(CCBr)CNC(=O)c1ccc(F)cc1Br. The Morgan fingerprint density at radius 3 is 2.67 bits per heavy atom. The van der Waals surface area contributed by atoms with Crippen LogP contribution in [0.1, 0.15) is 30.6 Å². The van der Waals surface area contributed by atoms with Crippen LogP contribution < -0.4 is 5.32 Å². The van der Waals surface area contributed by atoms with Gasteiger partial charge in [-0.3, -0.25) is 4.79 Å². The third-order valence-corrected chi connectivity index (χ3v) is 3.73. The van der Waals surface area contributed by atoms with Crippen LogP contribution >= 0.6 is 31.9 Å². The van der Waals surface area contributed by atoms with Gasteiger partial charge in [0.15, 0.2) is 0 Å². The lowest BCUT2D eigenvalue weighted by Crippen LogP contribution is -2.34. The van der Waals surface area contributed by atoms with E-state index in [-0.39, 0.29) is 17.1 Å². The van der Waals surface area contributed by atoms with Crippen molar-refractivity contribution in [2.24, 2.45) is 5.41 Å². The summed E-state index contributed by atoms with van der Waals surface area (Å²) in [5, 5.41) is 3.77. The van der Waals surface area contributed by atoms with E-state index in [4.69, 9.17) is 0 Å². The molecule has 0 radical (unpaired) electrons. The van der Waals surface area contributed by atoms with Gasteiger partial charge in [0.2, 0.25) is 0 Å². The summed E-state index contributed by atoms with van der Waals surface area (Å²) in [5.74, 6) is -0.553. The highest BCUT2D eigenvalue weighted by atomic mass is 79.9. The van der Waals surface area contributed by atoms with Crippen molar-refractivity contribution in [2.45, 2.75) is 20.3 Å². The van der Waals surface area contributed by atoms with Gasteiger partial charge in [-0.25, -0.2) is 4.39 Å². The maximum atomic E-state index is 12.9. The van der Waals surface area contributed by atoms with Crippen molar-refractivity contribution >= 4 is 37.8 Å². The highest BCUT2D eigenvalue weighted by Gasteiger charge is 2.19. The highest BCUT2D eigenvalue weighted by Crippen LogP contribution is 2.21. The van der Waals surface area contributed by atoms with Crippen LogP contribution in [0.2, 0.25) is 0 Å². The van der Waals surface area contributed by atoms with Crippen molar-refractivity contribution in [2.75, 3.05) is 11.9 Å². The van der Waals surface area contributed by atoms with Crippen molar-refractivity contribution in [3.8, 4) is 0 Å². The second-order valence-electron chi connectivity index (χ2n) is 4.91. The number of carbonyl (C=O) groups is 1. The Kier molecular flexibility index (Phi) is 5.79. The van der Waals surface area contributed by atoms with Gasteiger partial charge in [0.25, 0.3) is 5.91 Å². The van der Waals surface area contributed by atoms with Crippen LogP contribution in [-0.2, 0) is 0 Å². The summed E-state index contributed by atoms with van der Waals surface area (Å²) in [6, 6.07) is 4.05. The number of alkyl halides is 1. The lowest BCUT2D eigenvalue weighted by Gasteiger charge is -2.24. The van der Waals surface area contributed by atoms with Gasteiger partial charge in [0, 0.05) is 16.3 Å². The first-order valence-electron chi connectivity index (χ1n) is 5.65. The fourth-order valence-corrected chi connectivity index (χ4v) is 3.04. The van der Waals surface area contributed by atoms with Gasteiger partial charge in [0.1, 0.15) is 5.82 Å². The Bertz CT molecular complexity index is 435. The molecule has 0 spiro atoms. The summed E-state index contributed by atoms with van der Waals surface area (Å²) in [6.45, 7) is 4.77. The quantitative estimate of drug-likeness (QED) is 0.764. The highest BCUT2D eigenvalue weighted by molar-refractivity contribution is 9.10. The molecule has 0 aliphatic heterocycles. The van der Waals surface area contributed by atoms with E-state index in [9.17, 15) is 9.18 Å². The van der Waals surface area contributed by atoms with Crippen LogP contribution in [0.15, 0.2) is 22.7 Å². The molecule has 0 aliphatic rings. The lowest BCUT2D eigenvalue weighted by molar-refractivity contribution is 0.0935. The minimum atomic E-state index is -0.363. The summed E-state index contributed by atoms with van der Waals surface area (Å²) in [5.41, 5.74) is 0.483. The number of hydrogen-bond acceptors (Lipinski definition) is 1. The third kappa shape index (κ3) is 4.69. The van der Waals surface area contributed by atoms with Crippen molar-refractivity contribution < 1.29 is 9.18 Å². The molecule has 1 aromatic carbocycles. The first-order valence-corrected chi connectivity index (χ1v) is 7.56. The molecule has 0 bridgehead atoms. The molecular weight excluding hydrogens is 365 g/mol. The molecule has 0 unspecified atom stereocenters. The molecule has 1 N–H and O–H groups in total. The van der Waals surface area contributed by atoms with E-state index in [1.165, 1.54) is 18.2 Å². The Morgan fingerprint density at radius 2 is 2.11 bits per heavy atom. The van der Waals surface area contributed by atoms with Gasteiger partial charge in [-0.2, -0.15) is 0 Å². The Morgan fingerprint density at radius 1 is 1.44 bits per heavy atom. The number of amides is 1. The van der Waals surface area contributed by atoms with Gasteiger partial charge >= 0.3 is 0 Å². The molecule has 100 valence electrons. The Hall–Kier alpha value is -0.420. The van der Waals surface area contributed by atoms with Crippen LogP contribution in [0.5, 0.6) is 0 Å². The normalized spacial score (nSPS) is 11.4. The van der Waals surface area contributed by atoms with Crippen LogP contribution in [-0.4, -0.2) is 17.8 Å². The van der Waals surface area contributed by atoms with Gasteiger partial charge in [-0.05, 0) is 46.0 Å². The molecule has 1 rings (SSSR count). The first kappa shape index (κ1) is 15.6. The zero-order valence-corrected chi connectivity index (χ0v) is 13.6. The largest absolute Gasteiger partial charge is 0.351 e. The van der Waals surface area contributed by atoms with Crippen LogP contribution in [0.25, 0.3) is 0 Å². The van der Waals surface area contributed by atoms with Crippen molar-refractivity contribution in [1.82, 2.24) is 5.32 Å². The van der Waals surface area contributed by atoms with E-state index in [1.807, 2.05) is 0 Å². The summed E-state index contributed by atoms with van der Waals surface area (Å²) in [7, 11) is 0. The maximum absolute atomic E-state index is 12.9.